The van der Waals surface area contributed by atoms with Crippen LogP contribution in [0.1, 0.15) is 0 Å². The molecule has 4 aromatic carbocycles. The first-order valence-electron chi connectivity index (χ1n) is 13.3. The number of aromatic nitrogens is 4. The van der Waals surface area contributed by atoms with Crippen LogP contribution in [-0.2, 0) is 0 Å². The van der Waals surface area contributed by atoms with E-state index in [4.69, 9.17) is 46.4 Å². The fourth-order valence-corrected chi connectivity index (χ4v) is 6.79. The van der Waals surface area contributed by atoms with E-state index in [1.807, 2.05) is 0 Å². The summed E-state index contributed by atoms with van der Waals surface area (Å²) >= 11 is 39.2. The lowest BCUT2D eigenvalue weighted by atomic mass is 10.3. The molecule has 0 aliphatic rings. The fraction of sp³-hybridized carbons (Fsp3) is 0. The van der Waals surface area contributed by atoms with Gasteiger partial charge in [0.25, 0.3) is 11.1 Å². The summed E-state index contributed by atoms with van der Waals surface area (Å²) < 4.78 is 28.6. The Hall–Kier alpha value is -2.20. The summed E-state index contributed by atoms with van der Waals surface area (Å²) in [5, 5.41) is 9.51. The average Bonchev–Trinajstić information content (AvgIpc) is 3.07. The van der Waals surface area contributed by atoms with Gasteiger partial charge in [0.1, 0.15) is 32.0 Å². The van der Waals surface area contributed by atoms with Crippen LogP contribution in [-0.4, -0.2) is 19.6 Å². The molecule has 6 aromatic rings. The van der Waals surface area contributed by atoms with E-state index in [1.165, 1.54) is 48.4 Å². The molecule has 0 radical (unpaired) electrons. The first-order valence-corrected chi connectivity index (χ1v) is 18.4. The monoisotopic (exact) mass is 968 g/mol. The maximum Gasteiger partial charge on any atom is 0.287 e. The first kappa shape index (κ1) is 39.6. The molecule has 2 aromatic heterocycles. The molecule has 2 heterocycles. The number of benzene rings is 4. The number of nitrogens with zero attached hydrogens (tertiary/aromatic N) is 4. The van der Waals surface area contributed by atoms with Gasteiger partial charge in [0.2, 0.25) is 0 Å². The predicted molar refractivity (Wildman–Crippen MR) is 207 cm³/mol. The Morgan fingerprint density at radius 2 is 1.02 bits per heavy atom. The zero-order chi connectivity index (χ0) is 35.8. The molecule has 0 atom stereocenters. The molecule has 0 fully saturated rings. The Bertz CT molecular complexity index is 2170. The minimum absolute atomic E-state index is 0.220. The van der Waals surface area contributed by atoms with Gasteiger partial charge in [0, 0.05) is 9.79 Å². The fourth-order valence-electron chi connectivity index (χ4n) is 3.67. The largest absolute Gasteiger partial charge is 0.287 e. The van der Waals surface area contributed by atoms with E-state index in [9.17, 15) is 18.4 Å². The first-order chi connectivity index (χ1) is 23.3. The standard InChI is InChI=1S/C16H8BrCl2FN2OS.C10H4Br2Cl2N2O.C6H5FS/c17-14-13(24-10-6-4-9(20)5-7-10)8-21-22(16(14)23)15-11(18)2-1-3-12(15)19;11-5-4-15-16(10(17)8(5)12)9-6(13)2-1-3-7(9)14;7-5-1-3-6(8)4-2-5/h1-8H;1-4H;1-4,8H. The van der Waals surface area contributed by atoms with Crippen LogP contribution in [0.15, 0.2) is 135 Å². The average molecular weight is 973 g/mol. The van der Waals surface area contributed by atoms with Gasteiger partial charge in [-0.1, -0.05) is 70.3 Å². The third-order valence-corrected chi connectivity index (χ3v) is 11.4. The number of thiol groups is 1. The Kier molecular flexibility index (Phi) is 14.8. The van der Waals surface area contributed by atoms with Crippen molar-refractivity contribution in [2.45, 2.75) is 14.7 Å². The van der Waals surface area contributed by atoms with E-state index < -0.39 is 5.56 Å². The maximum atomic E-state index is 13.0. The molecular weight excluding hydrogens is 956 g/mol. The zero-order valence-electron chi connectivity index (χ0n) is 24.1. The number of hydrogen-bond acceptors (Lipinski definition) is 6. The Morgan fingerprint density at radius 1 is 0.612 bits per heavy atom. The van der Waals surface area contributed by atoms with Crippen LogP contribution >= 0.6 is 119 Å². The summed E-state index contributed by atoms with van der Waals surface area (Å²) in [7, 11) is 0. The summed E-state index contributed by atoms with van der Waals surface area (Å²) in [6.45, 7) is 0. The molecule has 0 aliphatic heterocycles. The van der Waals surface area contributed by atoms with Gasteiger partial charge in [-0.15, -0.1) is 12.6 Å². The highest BCUT2D eigenvalue weighted by atomic mass is 79.9. The predicted octanol–water partition coefficient (Wildman–Crippen LogP) is 11.8. The van der Waals surface area contributed by atoms with Crippen molar-refractivity contribution in [1.29, 1.82) is 0 Å². The van der Waals surface area contributed by atoms with Gasteiger partial charge < -0.3 is 0 Å². The molecule has 0 bridgehead atoms. The smallest absolute Gasteiger partial charge is 0.266 e. The van der Waals surface area contributed by atoms with Crippen molar-refractivity contribution in [3.63, 3.8) is 0 Å². The lowest BCUT2D eigenvalue weighted by Crippen LogP contribution is -2.22. The van der Waals surface area contributed by atoms with Crippen LogP contribution in [0.5, 0.6) is 0 Å². The highest BCUT2D eigenvalue weighted by Gasteiger charge is 2.16. The minimum Gasteiger partial charge on any atom is -0.266 e. The van der Waals surface area contributed by atoms with Gasteiger partial charge in [-0.05, 0) is 121 Å². The lowest BCUT2D eigenvalue weighted by molar-refractivity contribution is 0.626. The maximum absolute atomic E-state index is 13.0. The van der Waals surface area contributed by atoms with Crippen molar-refractivity contribution in [3.8, 4) is 11.4 Å². The summed E-state index contributed by atoms with van der Waals surface area (Å²) in [6.07, 6.45) is 3.02. The molecule has 252 valence electrons. The highest BCUT2D eigenvalue weighted by molar-refractivity contribution is 9.13. The van der Waals surface area contributed by atoms with Crippen molar-refractivity contribution < 1.29 is 8.78 Å². The van der Waals surface area contributed by atoms with E-state index in [-0.39, 0.29) is 17.2 Å². The third-order valence-electron chi connectivity index (χ3n) is 5.93. The van der Waals surface area contributed by atoms with Crippen LogP contribution in [0.3, 0.4) is 0 Å². The zero-order valence-corrected chi connectivity index (χ0v) is 33.6. The number of para-hydroxylation sites is 2. The van der Waals surface area contributed by atoms with Gasteiger partial charge in [0.05, 0.1) is 41.9 Å². The van der Waals surface area contributed by atoms with E-state index >= 15 is 0 Å². The molecular formula is C32H17Br3Cl4F2N4O2S2. The summed E-state index contributed by atoms with van der Waals surface area (Å²) in [5.74, 6) is -0.539. The van der Waals surface area contributed by atoms with Crippen molar-refractivity contribution in [2.24, 2.45) is 0 Å². The number of hydrogen-bond donors (Lipinski definition) is 1. The van der Waals surface area contributed by atoms with Crippen LogP contribution in [0.25, 0.3) is 11.4 Å². The van der Waals surface area contributed by atoms with Crippen molar-refractivity contribution >= 4 is 119 Å². The summed E-state index contributed by atoms with van der Waals surface area (Å²) in [5.41, 5.74) is -0.0367. The van der Waals surface area contributed by atoms with Crippen molar-refractivity contribution in [2.75, 3.05) is 0 Å². The molecule has 0 aliphatic carbocycles. The molecule has 49 heavy (non-hydrogen) atoms. The molecule has 6 rings (SSSR count). The molecule has 0 amide bonds. The molecule has 0 saturated heterocycles. The summed E-state index contributed by atoms with van der Waals surface area (Å²) in [6, 6.07) is 21.9. The molecule has 0 spiro atoms. The highest BCUT2D eigenvalue weighted by Crippen LogP contribution is 2.33. The lowest BCUT2D eigenvalue weighted by Gasteiger charge is -2.11. The van der Waals surface area contributed by atoms with E-state index in [0.717, 1.165) is 19.2 Å². The van der Waals surface area contributed by atoms with Crippen LogP contribution < -0.4 is 11.1 Å². The molecule has 6 nitrogen and oxygen atoms in total. The van der Waals surface area contributed by atoms with E-state index in [0.29, 0.717) is 49.8 Å². The molecule has 0 unspecified atom stereocenters. The topological polar surface area (TPSA) is 69.8 Å². The second-order valence-corrected chi connectivity index (χ2v) is 14.9. The van der Waals surface area contributed by atoms with Gasteiger partial charge in [-0.25, -0.2) is 8.78 Å². The molecule has 17 heteroatoms. The Labute approximate surface area is 333 Å². The van der Waals surface area contributed by atoms with Crippen LogP contribution in [0.2, 0.25) is 20.1 Å². The second kappa shape index (κ2) is 18.3. The number of halogens is 9. The molecule has 0 saturated carbocycles. The van der Waals surface area contributed by atoms with Crippen LogP contribution in [0, 0.1) is 11.6 Å². The van der Waals surface area contributed by atoms with Gasteiger partial charge in [-0.3, -0.25) is 9.59 Å². The van der Waals surface area contributed by atoms with E-state index in [1.54, 1.807) is 60.7 Å². The van der Waals surface area contributed by atoms with Gasteiger partial charge >= 0.3 is 0 Å². The third kappa shape index (κ3) is 10.4. The normalized spacial score (nSPS) is 10.5. The quantitative estimate of drug-likeness (QED) is 0.178. The minimum atomic E-state index is -0.392. The molecule has 0 N–H and O–H groups in total. The second-order valence-electron chi connectivity index (χ2n) is 9.24. The van der Waals surface area contributed by atoms with E-state index in [2.05, 4.69) is 70.6 Å². The van der Waals surface area contributed by atoms with Crippen molar-refractivity contribution in [1.82, 2.24) is 19.6 Å². The Morgan fingerprint density at radius 3 is 1.47 bits per heavy atom. The van der Waals surface area contributed by atoms with Crippen molar-refractivity contribution in [3.05, 3.63) is 163 Å². The SMILES string of the molecule is Fc1ccc(S)cc1.O=c1c(Br)c(Br)cnn1-c1c(Cl)cccc1Cl.O=c1c(Br)c(Sc2ccc(F)cc2)cnn1-c1c(Cl)cccc1Cl. The number of rotatable bonds is 4. The van der Waals surface area contributed by atoms with Gasteiger partial charge in [-0.2, -0.15) is 19.6 Å². The van der Waals surface area contributed by atoms with Crippen LogP contribution in [0.4, 0.5) is 8.78 Å². The van der Waals surface area contributed by atoms with Gasteiger partial charge in [0.15, 0.2) is 0 Å². The summed E-state index contributed by atoms with van der Waals surface area (Å²) in [4.78, 5) is 26.8. The Balaban J connectivity index is 0.000000187.